The molecule has 8 heteroatoms. The van der Waals surface area contributed by atoms with Crippen LogP contribution >= 0.6 is 11.8 Å². The van der Waals surface area contributed by atoms with E-state index in [2.05, 4.69) is 4.98 Å². The van der Waals surface area contributed by atoms with Gasteiger partial charge in [0.05, 0.1) is 19.0 Å². The summed E-state index contributed by atoms with van der Waals surface area (Å²) in [4.78, 5) is 32.2. The molecule has 3 heterocycles. The van der Waals surface area contributed by atoms with Crippen molar-refractivity contribution in [2.75, 3.05) is 32.1 Å². The van der Waals surface area contributed by atoms with E-state index in [9.17, 15) is 9.59 Å². The molecule has 7 nitrogen and oxygen atoms in total. The Balaban J connectivity index is 1.40. The quantitative estimate of drug-likeness (QED) is 0.522. The van der Waals surface area contributed by atoms with Gasteiger partial charge in [-0.15, -0.1) is 0 Å². The van der Waals surface area contributed by atoms with Crippen LogP contribution in [0, 0.1) is 13.8 Å². The SMILES string of the molecule is Cc1ccccc1Cc1c(C)nc(SCC(=O)N2CCC3(CC2)OCCO3)n(C)c1=O. The molecule has 0 saturated carbocycles. The van der Waals surface area contributed by atoms with Gasteiger partial charge in [0.15, 0.2) is 10.9 Å². The Morgan fingerprint density at radius 2 is 1.84 bits per heavy atom. The monoisotopic (exact) mass is 443 g/mol. The van der Waals surface area contributed by atoms with E-state index in [0.717, 1.165) is 16.8 Å². The van der Waals surface area contributed by atoms with E-state index < -0.39 is 5.79 Å². The Kier molecular flexibility index (Phi) is 6.50. The zero-order chi connectivity index (χ0) is 22.0. The van der Waals surface area contributed by atoms with Gasteiger partial charge in [0.1, 0.15) is 0 Å². The molecule has 2 aromatic rings. The van der Waals surface area contributed by atoms with Gasteiger partial charge in [0, 0.05) is 50.7 Å². The number of carbonyl (C=O) groups excluding carboxylic acids is 1. The Morgan fingerprint density at radius 3 is 2.52 bits per heavy atom. The maximum Gasteiger partial charge on any atom is 0.257 e. The van der Waals surface area contributed by atoms with Gasteiger partial charge in [-0.1, -0.05) is 36.0 Å². The number of hydrogen-bond acceptors (Lipinski definition) is 6. The van der Waals surface area contributed by atoms with Crippen LogP contribution in [0.5, 0.6) is 0 Å². The summed E-state index contributed by atoms with van der Waals surface area (Å²) in [6, 6.07) is 8.07. The third-order valence-electron chi connectivity index (χ3n) is 6.19. The van der Waals surface area contributed by atoms with Gasteiger partial charge in [0.2, 0.25) is 5.91 Å². The van der Waals surface area contributed by atoms with Gasteiger partial charge in [-0.25, -0.2) is 4.98 Å². The number of amides is 1. The lowest BCUT2D eigenvalue weighted by atomic mass is 10.0. The van der Waals surface area contributed by atoms with Crippen LogP contribution in [-0.2, 0) is 27.7 Å². The van der Waals surface area contributed by atoms with Crippen molar-refractivity contribution < 1.29 is 14.3 Å². The summed E-state index contributed by atoms with van der Waals surface area (Å²) in [5, 5.41) is 0.570. The second-order valence-corrected chi connectivity index (χ2v) is 9.15. The molecule has 0 radical (unpaired) electrons. The lowest BCUT2D eigenvalue weighted by Gasteiger charge is -2.37. The topological polar surface area (TPSA) is 73.7 Å². The fourth-order valence-electron chi connectivity index (χ4n) is 4.16. The first kappa shape index (κ1) is 22.0. The molecule has 0 bridgehead atoms. The van der Waals surface area contributed by atoms with Crippen molar-refractivity contribution in [2.24, 2.45) is 7.05 Å². The fraction of sp³-hybridized carbons (Fsp3) is 0.522. The number of aromatic nitrogens is 2. The average molecular weight is 444 g/mol. The van der Waals surface area contributed by atoms with E-state index >= 15 is 0 Å². The van der Waals surface area contributed by atoms with Crippen LogP contribution in [0.1, 0.15) is 35.2 Å². The minimum atomic E-state index is -0.487. The van der Waals surface area contributed by atoms with Crippen LogP contribution in [0.25, 0.3) is 0 Å². The summed E-state index contributed by atoms with van der Waals surface area (Å²) in [6.45, 7) is 6.42. The summed E-state index contributed by atoms with van der Waals surface area (Å²) in [5.74, 6) is -0.181. The Labute approximate surface area is 186 Å². The van der Waals surface area contributed by atoms with Crippen molar-refractivity contribution in [3.05, 3.63) is 57.0 Å². The zero-order valence-corrected chi connectivity index (χ0v) is 19.2. The predicted molar refractivity (Wildman–Crippen MR) is 119 cm³/mol. The number of benzene rings is 1. The first-order chi connectivity index (χ1) is 14.9. The van der Waals surface area contributed by atoms with Crippen molar-refractivity contribution in [3.63, 3.8) is 0 Å². The van der Waals surface area contributed by atoms with Crippen LogP contribution < -0.4 is 5.56 Å². The number of ether oxygens (including phenoxy) is 2. The third-order valence-corrected chi connectivity index (χ3v) is 7.21. The van der Waals surface area contributed by atoms with E-state index in [1.807, 2.05) is 43.0 Å². The normalized spacial score (nSPS) is 18.0. The smallest absolute Gasteiger partial charge is 0.257 e. The molecule has 0 unspecified atom stereocenters. The standard InChI is InChI=1S/C23H29N3O4S/c1-16-6-4-5-7-18(16)14-19-17(2)24-22(25(3)21(19)28)31-15-20(27)26-10-8-23(9-11-26)29-12-13-30-23/h4-7H,8-15H2,1-3H3. The molecule has 0 atom stereocenters. The van der Waals surface area contributed by atoms with Crippen LogP contribution in [0.15, 0.2) is 34.2 Å². The number of thioether (sulfide) groups is 1. The molecule has 2 aliphatic rings. The van der Waals surface area contributed by atoms with E-state index in [1.165, 1.54) is 11.8 Å². The van der Waals surface area contributed by atoms with Gasteiger partial charge >= 0.3 is 0 Å². The highest BCUT2D eigenvalue weighted by molar-refractivity contribution is 7.99. The Hall–Kier alpha value is -2.16. The van der Waals surface area contributed by atoms with E-state index in [0.29, 0.717) is 56.3 Å². The van der Waals surface area contributed by atoms with Crippen molar-refractivity contribution in [2.45, 2.75) is 44.1 Å². The molecule has 0 N–H and O–H groups in total. The Bertz CT molecular complexity index is 1020. The summed E-state index contributed by atoms with van der Waals surface area (Å²) in [7, 11) is 1.72. The van der Waals surface area contributed by atoms with E-state index in [-0.39, 0.29) is 17.2 Å². The van der Waals surface area contributed by atoms with Crippen LogP contribution in [0.3, 0.4) is 0 Å². The molecule has 2 saturated heterocycles. The van der Waals surface area contributed by atoms with Crippen molar-refractivity contribution in [1.29, 1.82) is 0 Å². The first-order valence-corrected chi connectivity index (χ1v) is 11.7. The predicted octanol–water partition coefficient (Wildman–Crippen LogP) is 2.45. The van der Waals surface area contributed by atoms with E-state index in [4.69, 9.17) is 9.47 Å². The fourth-order valence-corrected chi connectivity index (χ4v) is 5.07. The highest BCUT2D eigenvalue weighted by atomic mass is 32.2. The number of rotatable bonds is 5. The molecule has 1 aromatic carbocycles. The Morgan fingerprint density at radius 1 is 1.16 bits per heavy atom. The van der Waals surface area contributed by atoms with Gasteiger partial charge in [0.25, 0.3) is 5.56 Å². The number of aryl methyl sites for hydroxylation is 2. The maximum atomic E-state index is 13.0. The average Bonchev–Trinajstić information content (AvgIpc) is 3.22. The minimum Gasteiger partial charge on any atom is -0.347 e. The molecular weight excluding hydrogens is 414 g/mol. The summed E-state index contributed by atoms with van der Waals surface area (Å²) < 4.78 is 13.0. The lowest BCUT2D eigenvalue weighted by molar-refractivity contribution is -0.186. The number of piperidine rings is 1. The van der Waals surface area contributed by atoms with Gasteiger partial charge in [-0.3, -0.25) is 14.2 Å². The lowest BCUT2D eigenvalue weighted by Crippen LogP contribution is -2.47. The number of carbonyl (C=O) groups is 1. The van der Waals surface area contributed by atoms with Gasteiger partial charge < -0.3 is 14.4 Å². The number of hydrogen-bond donors (Lipinski definition) is 0. The largest absolute Gasteiger partial charge is 0.347 e. The maximum absolute atomic E-state index is 13.0. The summed E-state index contributed by atoms with van der Waals surface area (Å²) >= 11 is 1.32. The molecule has 2 aliphatic heterocycles. The molecule has 2 fully saturated rings. The van der Waals surface area contributed by atoms with Crippen LogP contribution in [0.2, 0.25) is 0 Å². The van der Waals surface area contributed by atoms with Crippen molar-refractivity contribution >= 4 is 17.7 Å². The minimum absolute atomic E-state index is 0.0498. The van der Waals surface area contributed by atoms with Gasteiger partial charge in [-0.05, 0) is 25.0 Å². The molecule has 1 amide bonds. The summed E-state index contributed by atoms with van der Waals surface area (Å²) in [6.07, 6.45) is 1.96. The van der Waals surface area contributed by atoms with E-state index in [1.54, 1.807) is 11.6 Å². The second kappa shape index (κ2) is 9.14. The molecule has 0 aliphatic carbocycles. The zero-order valence-electron chi connectivity index (χ0n) is 18.3. The highest BCUT2D eigenvalue weighted by Gasteiger charge is 2.40. The second-order valence-electron chi connectivity index (χ2n) is 8.20. The molecule has 166 valence electrons. The molecule has 31 heavy (non-hydrogen) atoms. The van der Waals surface area contributed by atoms with Crippen molar-refractivity contribution in [3.8, 4) is 0 Å². The number of nitrogens with zero attached hydrogens (tertiary/aromatic N) is 3. The van der Waals surface area contributed by atoms with Crippen LogP contribution in [0.4, 0.5) is 0 Å². The highest BCUT2D eigenvalue weighted by Crippen LogP contribution is 2.31. The van der Waals surface area contributed by atoms with Crippen LogP contribution in [-0.4, -0.2) is 58.2 Å². The first-order valence-electron chi connectivity index (χ1n) is 10.7. The molecule has 4 rings (SSSR count). The van der Waals surface area contributed by atoms with Crippen molar-refractivity contribution in [1.82, 2.24) is 14.5 Å². The third kappa shape index (κ3) is 4.71. The number of likely N-dealkylation sites (tertiary alicyclic amines) is 1. The van der Waals surface area contributed by atoms with Gasteiger partial charge in [-0.2, -0.15) is 0 Å². The summed E-state index contributed by atoms with van der Waals surface area (Å²) in [5.41, 5.74) is 3.64. The molecular formula is C23H29N3O4S. The molecule has 1 spiro atoms. The molecule has 1 aromatic heterocycles.